The van der Waals surface area contributed by atoms with Gasteiger partial charge in [-0.15, -0.1) is 11.3 Å². The summed E-state index contributed by atoms with van der Waals surface area (Å²) in [6.45, 7) is -0.559. The minimum Gasteiger partial charge on any atom is -0.459 e. The second-order valence-electron chi connectivity index (χ2n) is 7.23. The molecule has 3 rings (SSSR count). The van der Waals surface area contributed by atoms with Crippen LogP contribution in [0, 0.1) is 0 Å². The van der Waals surface area contributed by atoms with E-state index in [2.05, 4.69) is 31.2 Å². The van der Waals surface area contributed by atoms with Gasteiger partial charge < -0.3 is 35.5 Å². The Morgan fingerprint density at radius 3 is 2.61 bits per heavy atom. The number of hydrogen-bond acceptors (Lipinski definition) is 10. The van der Waals surface area contributed by atoms with Crippen molar-refractivity contribution in [1.29, 1.82) is 0 Å². The number of alkyl halides is 2. The number of anilines is 4. The lowest BCUT2D eigenvalue weighted by atomic mass is 10.2. The molecular formula is C23H28F2N6O4S. The Labute approximate surface area is 211 Å². The molecule has 2 heterocycles. The van der Waals surface area contributed by atoms with Crippen LogP contribution >= 0.6 is 11.3 Å². The van der Waals surface area contributed by atoms with Gasteiger partial charge in [-0.2, -0.15) is 4.98 Å². The summed E-state index contributed by atoms with van der Waals surface area (Å²) in [7, 11) is 3.43. The second-order valence-corrected chi connectivity index (χ2v) is 8.15. The molecule has 0 unspecified atom stereocenters. The van der Waals surface area contributed by atoms with E-state index in [-0.39, 0.29) is 17.4 Å². The molecule has 4 N–H and O–H groups in total. The summed E-state index contributed by atoms with van der Waals surface area (Å²) in [4.78, 5) is 22.3. The van der Waals surface area contributed by atoms with Crippen LogP contribution in [0.15, 0.2) is 35.7 Å². The maximum absolute atomic E-state index is 12.9. The number of ether oxygens (including phenoxy) is 3. The third-order valence-corrected chi connectivity index (χ3v) is 5.71. The molecule has 0 atom stereocenters. The number of benzene rings is 1. The lowest BCUT2D eigenvalue weighted by molar-refractivity contribution is 0.103. The number of nitrogens with one attached hydrogen (secondary N) is 4. The third kappa shape index (κ3) is 7.65. The molecule has 0 aliphatic heterocycles. The molecule has 0 saturated heterocycles. The Kier molecular flexibility index (Phi) is 10.5. The van der Waals surface area contributed by atoms with Gasteiger partial charge in [0.2, 0.25) is 19.7 Å². The number of carbonyl (C=O) groups excluding carboxylic acids is 1. The number of carbonyl (C=O) groups is 1. The monoisotopic (exact) mass is 522 g/mol. The number of nitrogens with zero attached hydrogens (tertiary/aromatic N) is 2. The fourth-order valence-corrected chi connectivity index (χ4v) is 3.91. The van der Waals surface area contributed by atoms with Crippen molar-refractivity contribution in [2.75, 3.05) is 62.3 Å². The van der Waals surface area contributed by atoms with Crippen molar-refractivity contribution < 1.29 is 27.8 Å². The molecule has 0 aliphatic carbocycles. The van der Waals surface area contributed by atoms with Crippen LogP contribution in [0.25, 0.3) is 0 Å². The third-order valence-electron chi connectivity index (χ3n) is 4.80. The van der Waals surface area contributed by atoms with Gasteiger partial charge in [0, 0.05) is 45.1 Å². The highest BCUT2D eigenvalue weighted by atomic mass is 32.1. The van der Waals surface area contributed by atoms with Crippen LogP contribution in [0.5, 0.6) is 11.5 Å². The Balaban J connectivity index is 1.67. The van der Waals surface area contributed by atoms with Gasteiger partial charge in [0.15, 0.2) is 11.5 Å². The highest BCUT2D eigenvalue weighted by Gasteiger charge is 2.16. The van der Waals surface area contributed by atoms with Gasteiger partial charge in [-0.3, -0.25) is 4.79 Å². The maximum Gasteiger partial charge on any atom is 0.267 e. The van der Waals surface area contributed by atoms with E-state index in [9.17, 15) is 13.6 Å². The van der Waals surface area contributed by atoms with Crippen molar-refractivity contribution in [3.05, 3.63) is 46.3 Å². The molecule has 3 aromatic rings. The van der Waals surface area contributed by atoms with E-state index in [1.54, 1.807) is 25.6 Å². The van der Waals surface area contributed by atoms with E-state index >= 15 is 0 Å². The zero-order chi connectivity index (χ0) is 25.8. The SMILES string of the molecule is CNc1cc(CNc2ccsc2C(=O)Nc2ccc(OCF)c(OCF)c2)nc(NCCCOC)n1. The molecule has 0 aliphatic rings. The van der Waals surface area contributed by atoms with Crippen molar-refractivity contribution in [3.8, 4) is 11.5 Å². The standard InChI is InChI=1S/C23H28F2N6O4S/c1-26-20-11-16(30-23(31-20)27-7-3-8-33-2)12-28-17-6-9-36-21(17)22(32)29-15-4-5-18(34-13-24)19(10-15)35-14-25/h4-6,9-11,28H,3,7-8,12-14H2,1-2H3,(H,29,32)(H2,26,27,30,31). The summed E-state index contributed by atoms with van der Waals surface area (Å²) in [6.07, 6.45) is 0.817. The highest BCUT2D eigenvalue weighted by molar-refractivity contribution is 7.12. The van der Waals surface area contributed by atoms with Gasteiger partial charge in [-0.05, 0) is 30.0 Å². The molecule has 13 heteroatoms. The molecule has 1 amide bonds. The van der Waals surface area contributed by atoms with Crippen LogP contribution in [0.4, 0.5) is 31.9 Å². The molecule has 1 aromatic carbocycles. The lowest BCUT2D eigenvalue weighted by Crippen LogP contribution is -2.14. The van der Waals surface area contributed by atoms with Crippen LogP contribution in [-0.2, 0) is 11.3 Å². The van der Waals surface area contributed by atoms with E-state index in [1.165, 1.54) is 29.5 Å². The average Bonchev–Trinajstić information content (AvgIpc) is 3.36. The van der Waals surface area contributed by atoms with E-state index in [0.29, 0.717) is 47.7 Å². The van der Waals surface area contributed by atoms with Gasteiger partial charge in [0.1, 0.15) is 10.7 Å². The Morgan fingerprint density at radius 1 is 1.06 bits per heavy atom. The van der Waals surface area contributed by atoms with E-state index in [1.807, 2.05) is 6.07 Å². The van der Waals surface area contributed by atoms with Crippen molar-refractivity contribution in [3.63, 3.8) is 0 Å². The Hall–Kier alpha value is -3.71. The average molecular weight is 523 g/mol. The summed E-state index contributed by atoms with van der Waals surface area (Å²) >= 11 is 1.25. The minimum absolute atomic E-state index is 0.0202. The Bertz CT molecular complexity index is 1130. The molecule has 0 bridgehead atoms. The zero-order valence-corrected chi connectivity index (χ0v) is 20.7. The molecule has 0 fully saturated rings. The van der Waals surface area contributed by atoms with E-state index in [0.717, 1.165) is 12.1 Å². The highest BCUT2D eigenvalue weighted by Crippen LogP contribution is 2.32. The molecule has 0 radical (unpaired) electrons. The zero-order valence-electron chi connectivity index (χ0n) is 19.9. The van der Waals surface area contributed by atoms with E-state index in [4.69, 9.17) is 14.2 Å². The van der Waals surface area contributed by atoms with Crippen molar-refractivity contribution >= 4 is 40.4 Å². The number of aromatic nitrogens is 2. The molecule has 194 valence electrons. The van der Waals surface area contributed by atoms with Gasteiger partial charge in [-0.25, -0.2) is 13.8 Å². The normalized spacial score (nSPS) is 10.6. The van der Waals surface area contributed by atoms with E-state index < -0.39 is 13.7 Å². The number of thiophene rings is 1. The van der Waals surface area contributed by atoms with Crippen LogP contribution in [-0.4, -0.2) is 56.9 Å². The first-order chi connectivity index (χ1) is 17.6. The van der Waals surface area contributed by atoms with Crippen LogP contribution in [0.3, 0.4) is 0 Å². The fourth-order valence-electron chi connectivity index (χ4n) is 3.15. The van der Waals surface area contributed by atoms with Gasteiger partial charge in [0.25, 0.3) is 5.91 Å². The fraction of sp³-hybridized carbons (Fsp3) is 0.348. The quantitative estimate of drug-likeness (QED) is 0.214. The van der Waals surface area contributed by atoms with Crippen LogP contribution in [0.2, 0.25) is 0 Å². The second kappa shape index (κ2) is 14.0. The number of halogens is 2. The molecule has 10 nitrogen and oxygen atoms in total. The summed E-state index contributed by atoms with van der Waals surface area (Å²) < 4.78 is 39.8. The first-order valence-electron chi connectivity index (χ1n) is 11.0. The van der Waals surface area contributed by atoms with Gasteiger partial charge in [0.05, 0.1) is 17.9 Å². The molecular weight excluding hydrogens is 494 g/mol. The number of methoxy groups -OCH3 is 1. The lowest BCUT2D eigenvalue weighted by Gasteiger charge is -2.13. The summed E-state index contributed by atoms with van der Waals surface area (Å²) in [5, 5.41) is 13.9. The predicted molar refractivity (Wildman–Crippen MR) is 136 cm³/mol. The Morgan fingerprint density at radius 2 is 1.86 bits per heavy atom. The summed E-state index contributed by atoms with van der Waals surface area (Å²) in [5.74, 6) is 0.783. The molecule has 36 heavy (non-hydrogen) atoms. The molecule has 2 aromatic heterocycles. The van der Waals surface area contributed by atoms with Gasteiger partial charge >= 0.3 is 0 Å². The first-order valence-corrected chi connectivity index (χ1v) is 11.9. The summed E-state index contributed by atoms with van der Waals surface area (Å²) in [6, 6.07) is 7.87. The van der Waals surface area contributed by atoms with Gasteiger partial charge in [-0.1, -0.05) is 0 Å². The number of rotatable bonds is 15. The number of amides is 1. The van der Waals surface area contributed by atoms with Crippen LogP contribution in [0.1, 0.15) is 21.8 Å². The smallest absolute Gasteiger partial charge is 0.267 e. The van der Waals surface area contributed by atoms with Crippen molar-refractivity contribution in [2.45, 2.75) is 13.0 Å². The topological polar surface area (TPSA) is 119 Å². The first kappa shape index (κ1) is 26.9. The molecule has 0 spiro atoms. The van der Waals surface area contributed by atoms with Crippen molar-refractivity contribution in [1.82, 2.24) is 9.97 Å². The largest absolute Gasteiger partial charge is 0.459 e. The summed E-state index contributed by atoms with van der Waals surface area (Å²) in [5.41, 5.74) is 1.68. The van der Waals surface area contributed by atoms with Crippen molar-refractivity contribution in [2.24, 2.45) is 0 Å². The molecule has 0 saturated carbocycles. The maximum atomic E-state index is 12.9. The minimum atomic E-state index is -1.12. The predicted octanol–water partition coefficient (Wildman–Crippen LogP) is 4.50. The van der Waals surface area contributed by atoms with Crippen LogP contribution < -0.4 is 30.7 Å². The number of hydrogen-bond donors (Lipinski definition) is 4.